The number of ether oxygens (including phenoxy) is 1. The lowest BCUT2D eigenvalue weighted by Crippen LogP contribution is -2.54. The van der Waals surface area contributed by atoms with Crippen LogP contribution in [0.1, 0.15) is 104 Å². The third kappa shape index (κ3) is 5.10. The third-order valence-electron chi connectivity index (χ3n) is 11.8. The van der Waals surface area contributed by atoms with Gasteiger partial charge in [0.2, 0.25) is 0 Å². The molecule has 38 heavy (non-hydrogen) atoms. The summed E-state index contributed by atoms with van der Waals surface area (Å²) in [6.07, 6.45) is 10.4. The summed E-state index contributed by atoms with van der Waals surface area (Å²) in [5.41, 5.74) is 1.39. The van der Waals surface area contributed by atoms with Crippen LogP contribution in [-0.2, 0) is 14.3 Å². The maximum atomic E-state index is 13.6. The Balaban J connectivity index is 1.17. The maximum absolute atomic E-state index is 13.6. The van der Waals surface area contributed by atoms with Crippen molar-refractivity contribution < 1.29 is 19.4 Å². The molecule has 0 saturated heterocycles. The van der Waals surface area contributed by atoms with Gasteiger partial charge in [-0.25, -0.2) is 0 Å². The molecule has 0 aliphatic heterocycles. The third-order valence-corrected chi connectivity index (χ3v) is 11.8. The van der Waals surface area contributed by atoms with Crippen molar-refractivity contribution in [3.8, 4) is 0 Å². The van der Waals surface area contributed by atoms with Gasteiger partial charge in [0.05, 0.1) is 6.10 Å². The summed E-state index contributed by atoms with van der Waals surface area (Å²) in [7, 11) is 0. The minimum Gasteiger partial charge on any atom is -0.463 e. The summed E-state index contributed by atoms with van der Waals surface area (Å²) < 4.78 is 5.63. The number of benzene rings is 1. The summed E-state index contributed by atoms with van der Waals surface area (Å²) in [5.74, 6) is 3.25. The number of aliphatic hydroxyl groups is 1. The lowest BCUT2D eigenvalue weighted by Gasteiger charge is -2.61. The fourth-order valence-electron chi connectivity index (χ4n) is 9.74. The molecule has 2 N–H and O–H groups in total. The number of rotatable bonds is 8. The zero-order valence-corrected chi connectivity index (χ0v) is 24.0. The number of hydrogen-bond acceptors (Lipinski definition) is 5. The Labute approximate surface area is 229 Å². The van der Waals surface area contributed by atoms with Crippen molar-refractivity contribution in [2.75, 3.05) is 6.54 Å². The SMILES string of the molecule is CC(=O)OC1CCC2(C)C(CCC3C2CCC2(C)C(C(=O)CCNC(C)C(O)c4ccccc4)CCC32)C1. The molecule has 0 amide bonds. The van der Waals surface area contributed by atoms with E-state index in [1.54, 1.807) is 0 Å². The van der Waals surface area contributed by atoms with Crippen molar-refractivity contribution in [2.24, 2.45) is 40.4 Å². The maximum Gasteiger partial charge on any atom is 0.302 e. The van der Waals surface area contributed by atoms with E-state index < -0.39 is 6.10 Å². The van der Waals surface area contributed by atoms with E-state index in [4.69, 9.17) is 4.74 Å². The van der Waals surface area contributed by atoms with E-state index in [2.05, 4.69) is 19.2 Å². The standard InChI is InChI=1S/C33H49NO4/c1-21(31(37)23-8-6-5-7-9-23)34-19-16-30(36)29-13-12-27-26-11-10-24-20-25(38-22(2)35)14-17-32(24,3)28(26)15-18-33(27,29)4/h5-9,21,24-29,31,34,37H,10-20H2,1-4H3. The van der Waals surface area contributed by atoms with Crippen LogP contribution in [-0.4, -0.2) is 35.5 Å². The summed E-state index contributed by atoms with van der Waals surface area (Å²) in [6.45, 7) is 9.12. The van der Waals surface area contributed by atoms with Gasteiger partial charge in [-0.05, 0) is 105 Å². The highest BCUT2D eigenvalue weighted by atomic mass is 16.5. The predicted molar refractivity (Wildman–Crippen MR) is 149 cm³/mol. The molecule has 210 valence electrons. The Hall–Kier alpha value is -1.72. The fraction of sp³-hybridized carbons (Fsp3) is 0.758. The molecule has 10 unspecified atom stereocenters. The van der Waals surface area contributed by atoms with Crippen LogP contribution in [0.5, 0.6) is 0 Å². The zero-order valence-electron chi connectivity index (χ0n) is 24.0. The van der Waals surface area contributed by atoms with Gasteiger partial charge in [0.1, 0.15) is 11.9 Å². The van der Waals surface area contributed by atoms with Crippen LogP contribution in [0.15, 0.2) is 30.3 Å². The molecule has 5 rings (SSSR count). The molecule has 4 fully saturated rings. The first-order valence-electron chi connectivity index (χ1n) is 15.3. The van der Waals surface area contributed by atoms with Gasteiger partial charge in [0.15, 0.2) is 0 Å². The van der Waals surface area contributed by atoms with Crippen LogP contribution in [0.3, 0.4) is 0 Å². The van der Waals surface area contributed by atoms with Gasteiger partial charge in [-0.2, -0.15) is 0 Å². The molecule has 4 aliphatic rings. The molecule has 0 radical (unpaired) electrons. The first-order chi connectivity index (χ1) is 18.1. The van der Waals surface area contributed by atoms with E-state index in [1.165, 1.54) is 45.4 Å². The van der Waals surface area contributed by atoms with Gasteiger partial charge < -0.3 is 15.2 Å². The van der Waals surface area contributed by atoms with Crippen molar-refractivity contribution in [3.63, 3.8) is 0 Å². The van der Waals surface area contributed by atoms with E-state index in [0.717, 1.165) is 36.7 Å². The van der Waals surface area contributed by atoms with Gasteiger partial charge in [-0.3, -0.25) is 9.59 Å². The molecule has 0 aromatic heterocycles. The van der Waals surface area contributed by atoms with Gasteiger partial charge in [0, 0.05) is 31.8 Å². The molecule has 5 heteroatoms. The Morgan fingerprint density at radius 3 is 2.45 bits per heavy atom. The summed E-state index contributed by atoms with van der Waals surface area (Å²) >= 11 is 0. The Morgan fingerprint density at radius 1 is 1.00 bits per heavy atom. The summed E-state index contributed by atoms with van der Waals surface area (Å²) in [6, 6.07) is 9.65. The molecule has 4 aliphatic carbocycles. The molecule has 0 spiro atoms. The van der Waals surface area contributed by atoms with E-state index in [9.17, 15) is 14.7 Å². The van der Waals surface area contributed by atoms with Crippen LogP contribution in [0.2, 0.25) is 0 Å². The first-order valence-corrected chi connectivity index (χ1v) is 15.3. The zero-order chi connectivity index (χ0) is 27.1. The minimum atomic E-state index is -0.574. The van der Waals surface area contributed by atoms with Crippen molar-refractivity contribution in [3.05, 3.63) is 35.9 Å². The summed E-state index contributed by atoms with van der Waals surface area (Å²) in [5, 5.41) is 14.1. The van der Waals surface area contributed by atoms with Crippen molar-refractivity contribution >= 4 is 11.8 Å². The number of esters is 1. The number of carbonyl (C=O) groups is 2. The smallest absolute Gasteiger partial charge is 0.302 e. The van der Waals surface area contributed by atoms with E-state index in [0.29, 0.717) is 36.0 Å². The average molecular weight is 524 g/mol. The molecule has 0 bridgehead atoms. The largest absolute Gasteiger partial charge is 0.463 e. The van der Waals surface area contributed by atoms with E-state index in [-0.39, 0.29) is 29.4 Å². The fourth-order valence-corrected chi connectivity index (χ4v) is 9.74. The van der Waals surface area contributed by atoms with Crippen molar-refractivity contribution in [2.45, 2.75) is 110 Å². The molecule has 1 aromatic rings. The highest BCUT2D eigenvalue weighted by Gasteiger charge is 2.61. The van der Waals surface area contributed by atoms with Crippen LogP contribution in [0.4, 0.5) is 0 Å². The lowest BCUT2D eigenvalue weighted by atomic mass is 9.44. The molecule has 1 aromatic carbocycles. The average Bonchev–Trinajstić information content (AvgIpc) is 3.26. The number of aliphatic hydroxyl groups excluding tert-OH is 1. The van der Waals surface area contributed by atoms with Crippen LogP contribution in [0, 0.1) is 40.4 Å². The number of nitrogens with one attached hydrogen (secondary N) is 1. The van der Waals surface area contributed by atoms with Crippen molar-refractivity contribution in [1.29, 1.82) is 0 Å². The van der Waals surface area contributed by atoms with Gasteiger partial charge in [-0.1, -0.05) is 44.2 Å². The van der Waals surface area contributed by atoms with E-state index in [1.807, 2.05) is 37.3 Å². The Bertz CT molecular complexity index is 996. The first kappa shape index (κ1) is 27.8. The quantitative estimate of drug-likeness (QED) is 0.394. The van der Waals surface area contributed by atoms with Gasteiger partial charge >= 0.3 is 5.97 Å². The number of Topliss-reactive ketones (excluding diaryl/α,β-unsaturated/α-hetero) is 1. The monoisotopic (exact) mass is 523 g/mol. The van der Waals surface area contributed by atoms with Crippen LogP contribution >= 0.6 is 0 Å². The Morgan fingerprint density at radius 2 is 1.71 bits per heavy atom. The van der Waals surface area contributed by atoms with Crippen LogP contribution in [0.25, 0.3) is 0 Å². The molecular weight excluding hydrogens is 474 g/mol. The van der Waals surface area contributed by atoms with Gasteiger partial charge in [0.25, 0.3) is 0 Å². The number of hydrogen-bond donors (Lipinski definition) is 2. The second-order valence-electron chi connectivity index (χ2n) is 13.7. The normalized spacial score (nSPS) is 39.8. The Kier molecular flexibility index (Phi) is 8.09. The predicted octanol–water partition coefficient (Wildman–Crippen LogP) is 6.25. The molecule has 4 saturated carbocycles. The lowest BCUT2D eigenvalue weighted by molar-refractivity contribution is -0.161. The number of ketones is 1. The molecule has 10 atom stereocenters. The molecule has 0 heterocycles. The van der Waals surface area contributed by atoms with Crippen molar-refractivity contribution in [1.82, 2.24) is 5.32 Å². The highest BCUT2D eigenvalue weighted by molar-refractivity contribution is 5.82. The number of fused-ring (bicyclic) bond motifs is 5. The summed E-state index contributed by atoms with van der Waals surface area (Å²) in [4.78, 5) is 25.1. The van der Waals surface area contributed by atoms with Gasteiger partial charge in [-0.15, -0.1) is 0 Å². The van der Waals surface area contributed by atoms with E-state index >= 15 is 0 Å². The minimum absolute atomic E-state index is 0.0978. The van der Waals surface area contributed by atoms with Crippen LogP contribution < -0.4 is 5.32 Å². The second-order valence-corrected chi connectivity index (χ2v) is 13.7. The topological polar surface area (TPSA) is 75.6 Å². The highest BCUT2D eigenvalue weighted by Crippen LogP contribution is 2.67. The molecule has 5 nitrogen and oxygen atoms in total. The molecular formula is C33H49NO4. The number of carbonyl (C=O) groups excluding carboxylic acids is 2. The second kappa shape index (κ2) is 11.0.